The van der Waals surface area contributed by atoms with E-state index in [1.807, 2.05) is 73.7 Å². The van der Waals surface area contributed by atoms with Crippen LogP contribution in [-0.4, -0.2) is 39.9 Å². The van der Waals surface area contributed by atoms with E-state index in [1.165, 1.54) is 0 Å². The fraction of sp³-hybridized carbons (Fsp3) is 0.265. The summed E-state index contributed by atoms with van der Waals surface area (Å²) < 4.78 is 11.5. The molecule has 0 radical (unpaired) electrons. The Balaban J connectivity index is 1.27. The molecular formula is C34H35N5O4. The molecule has 3 heterocycles. The molecule has 220 valence electrons. The van der Waals surface area contributed by atoms with Crippen molar-refractivity contribution in [3.8, 4) is 22.6 Å². The lowest BCUT2D eigenvalue weighted by atomic mass is 9.93. The molecule has 1 aliphatic rings. The molecular weight excluding hydrogens is 542 g/mol. The number of fused-ring (bicyclic) bond motifs is 1. The van der Waals surface area contributed by atoms with Gasteiger partial charge in [-0.2, -0.15) is 0 Å². The lowest BCUT2D eigenvalue weighted by molar-refractivity contribution is 0.0127. The maximum Gasteiger partial charge on any atom is 0.405 e. The monoisotopic (exact) mass is 577 g/mol. The maximum atomic E-state index is 11.3. The summed E-state index contributed by atoms with van der Waals surface area (Å²) in [7, 11) is 0. The summed E-state index contributed by atoms with van der Waals surface area (Å²) >= 11 is 0. The second kappa shape index (κ2) is 11.1. The van der Waals surface area contributed by atoms with E-state index in [4.69, 9.17) is 19.9 Å². The summed E-state index contributed by atoms with van der Waals surface area (Å²) in [6.07, 6.45) is 2.46. The summed E-state index contributed by atoms with van der Waals surface area (Å²) in [4.78, 5) is 23.1. The van der Waals surface area contributed by atoms with Crippen LogP contribution in [0.1, 0.15) is 39.2 Å². The lowest BCUT2D eigenvalue weighted by Crippen LogP contribution is -2.46. The minimum atomic E-state index is -1.01. The van der Waals surface area contributed by atoms with Gasteiger partial charge in [-0.05, 0) is 68.8 Å². The second-order valence-electron chi connectivity index (χ2n) is 11.8. The van der Waals surface area contributed by atoms with E-state index in [9.17, 15) is 9.90 Å². The molecule has 0 bridgehead atoms. The molecule has 6 rings (SSSR count). The van der Waals surface area contributed by atoms with E-state index in [0.717, 1.165) is 52.1 Å². The Kier molecular flexibility index (Phi) is 7.27. The SMILES string of the molecule is CC1(OC(N)=O)CCN(c2ccc(Nc3ncc(-c4cc5ccccc5o4)c(-c4cccc(C(C)(C)O)c4)n3)cc2)CC1. The highest BCUT2D eigenvalue weighted by atomic mass is 16.6. The minimum absolute atomic E-state index is 0.439. The van der Waals surface area contributed by atoms with Gasteiger partial charge in [0.05, 0.1) is 16.9 Å². The number of furan rings is 1. The Bertz CT molecular complexity index is 1730. The average Bonchev–Trinajstić information content (AvgIpc) is 3.41. The van der Waals surface area contributed by atoms with Gasteiger partial charge in [-0.3, -0.25) is 0 Å². The number of nitrogens with one attached hydrogen (secondary N) is 1. The van der Waals surface area contributed by atoms with Gasteiger partial charge < -0.3 is 30.2 Å². The van der Waals surface area contributed by atoms with E-state index in [1.54, 1.807) is 20.0 Å². The number of benzene rings is 3. The fourth-order valence-corrected chi connectivity index (χ4v) is 5.47. The molecule has 0 atom stereocenters. The van der Waals surface area contributed by atoms with Crippen molar-refractivity contribution in [3.63, 3.8) is 0 Å². The third-order valence-electron chi connectivity index (χ3n) is 7.98. The van der Waals surface area contributed by atoms with Crippen LogP contribution in [-0.2, 0) is 10.3 Å². The average molecular weight is 578 g/mol. The number of amides is 1. The molecule has 0 unspecified atom stereocenters. The number of hydrogen-bond acceptors (Lipinski definition) is 8. The van der Waals surface area contributed by atoms with E-state index in [0.29, 0.717) is 30.2 Å². The molecule has 0 aliphatic carbocycles. The zero-order valence-corrected chi connectivity index (χ0v) is 24.5. The van der Waals surface area contributed by atoms with Crippen LogP contribution < -0.4 is 16.0 Å². The van der Waals surface area contributed by atoms with Crippen molar-refractivity contribution < 1.29 is 19.1 Å². The number of para-hydroxylation sites is 1. The molecule has 2 aromatic heterocycles. The number of aromatic nitrogens is 2. The Morgan fingerprint density at radius 1 is 1.05 bits per heavy atom. The number of anilines is 3. The van der Waals surface area contributed by atoms with Crippen LogP contribution in [0, 0.1) is 0 Å². The first-order valence-electron chi connectivity index (χ1n) is 14.4. The molecule has 1 saturated heterocycles. The molecule has 1 fully saturated rings. The van der Waals surface area contributed by atoms with Crippen molar-refractivity contribution in [3.05, 3.63) is 90.6 Å². The number of piperidine rings is 1. The number of carbonyl (C=O) groups is 1. The predicted molar refractivity (Wildman–Crippen MR) is 168 cm³/mol. The summed E-state index contributed by atoms with van der Waals surface area (Å²) in [6.45, 7) is 6.98. The number of nitrogens with two attached hydrogens (primary N) is 1. The van der Waals surface area contributed by atoms with Gasteiger partial charge in [-0.25, -0.2) is 14.8 Å². The van der Waals surface area contributed by atoms with Crippen molar-refractivity contribution >= 4 is 34.4 Å². The molecule has 0 spiro atoms. The second-order valence-corrected chi connectivity index (χ2v) is 11.8. The number of rotatable bonds is 7. The van der Waals surface area contributed by atoms with Crippen molar-refractivity contribution in [2.45, 2.75) is 44.8 Å². The summed E-state index contributed by atoms with van der Waals surface area (Å²) in [5, 5.41) is 15.0. The van der Waals surface area contributed by atoms with Gasteiger partial charge in [-0.1, -0.05) is 36.4 Å². The number of ether oxygens (including phenoxy) is 1. The normalized spacial score (nSPS) is 14.9. The lowest BCUT2D eigenvalue weighted by Gasteiger charge is -2.39. The van der Waals surface area contributed by atoms with E-state index in [-0.39, 0.29) is 0 Å². The third-order valence-corrected chi connectivity index (χ3v) is 7.98. The molecule has 9 heteroatoms. The van der Waals surface area contributed by atoms with Crippen LogP contribution >= 0.6 is 0 Å². The first kappa shape index (κ1) is 28.2. The van der Waals surface area contributed by atoms with Gasteiger partial charge in [0.1, 0.15) is 16.9 Å². The van der Waals surface area contributed by atoms with Gasteiger partial charge >= 0.3 is 6.09 Å². The Morgan fingerprint density at radius 3 is 2.49 bits per heavy atom. The summed E-state index contributed by atoms with van der Waals surface area (Å²) in [5.74, 6) is 1.10. The minimum Gasteiger partial charge on any atom is -0.456 e. The van der Waals surface area contributed by atoms with Gasteiger partial charge in [0.2, 0.25) is 5.95 Å². The van der Waals surface area contributed by atoms with Crippen molar-refractivity contribution in [1.29, 1.82) is 0 Å². The highest BCUT2D eigenvalue weighted by Gasteiger charge is 2.33. The van der Waals surface area contributed by atoms with Gasteiger partial charge in [0.15, 0.2) is 0 Å². The third kappa shape index (κ3) is 6.17. The molecule has 1 amide bonds. The van der Waals surface area contributed by atoms with Gasteiger partial charge in [0, 0.05) is 54.5 Å². The van der Waals surface area contributed by atoms with Crippen LogP contribution in [0.3, 0.4) is 0 Å². The molecule has 1 aliphatic heterocycles. The van der Waals surface area contributed by atoms with Crippen LogP contribution in [0.2, 0.25) is 0 Å². The smallest absolute Gasteiger partial charge is 0.405 e. The maximum absolute atomic E-state index is 11.3. The van der Waals surface area contributed by atoms with Crippen molar-refractivity contribution in [2.24, 2.45) is 5.73 Å². The number of carbonyl (C=O) groups excluding carboxylic acids is 1. The zero-order chi connectivity index (χ0) is 30.2. The molecule has 4 N–H and O–H groups in total. The number of hydrogen-bond donors (Lipinski definition) is 3. The Labute approximate surface area is 250 Å². The number of aliphatic hydroxyl groups is 1. The molecule has 43 heavy (non-hydrogen) atoms. The Hall–Kier alpha value is -4.89. The first-order chi connectivity index (χ1) is 20.6. The number of nitrogens with zero attached hydrogens (tertiary/aromatic N) is 3. The highest BCUT2D eigenvalue weighted by molar-refractivity contribution is 5.87. The standard InChI is InChI=1S/C34H35N5O4/c1-33(2,41)24-9-6-8-23(19-24)30-27(29-20-22-7-4-5-10-28(22)42-29)21-36-32(38-30)37-25-11-13-26(14-12-25)39-17-15-34(3,16-18-39)43-31(35)40/h4-14,19-21,41H,15-18H2,1-3H3,(H2,35,40)(H,36,37,38). The van der Waals surface area contributed by atoms with E-state index < -0.39 is 17.3 Å². The molecule has 5 aromatic rings. The van der Waals surface area contributed by atoms with Crippen LogP contribution in [0.5, 0.6) is 0 Å². The van der Waals surface area contributed by atoms with Crippen LogP contribution in [0.4, 0.5) is 22.1 Å². The van der Waals surface area contributed by atoms with E-state index >= 15 is 0 Å². The Morgan fingerprint density at radius 2 is 1.79 bits per heavy atom. The first-order valence-corrected chi connectivity index (χ1v) is 14.4. The van der Waals surface area contributed by atoms with E-state index in [2.05, 4.69) is 27.3 Å². The predicted octanol–water partition coefficient (Wildman–Crippen LogP) is 6.98. The fourth-order valence-electron chi connectivity index (χ4n) is 5.47. The summed E-state index contributed by atoms with van der Waals surface area (Å²) in [5.41, 5.74) is 9.49. The number of primary amides is 1. The summed E-state index contributed by atoms with van der Waals surface area (Å²) in [6, 6.07) is 25.7. The molecule has 0 saturated carbocycles. The topological polar surface area (TPSA) is 127 Å². The molecule has 3 aromatic carbocycles. The van der Waals surface area contributed by atoms with Crippen LogP contribution in [0.25, 0.3) is 33.6 Å². The van der Waals surface area contributed by atoms with Crippen molar-refractivity contribution in [2.75, 3.05) is 23.3 Å². The highest BCUT2D eigenvalue weighted by Crippen LogP contribution is 2.36. The van der Waals surface area contributed by atoms with Crippen LogP contribution in [0.15, 0.2) is 89.5 Å². The quantitative estimate of drug-likeness (QED) is 0.189. The zero-order valence-electron chi connectivity index (χ0n) is 24.5. The largest absolute Gasteiger partial charge is 0.456 e. The van der Waals surface area contributed by atoms with Crippen molar-refractivity contribution in [1.82, 2.24) is 9.97 Å². The van der Waals surface area contributed by atoms with Gasteiger partial charge in [-0.15, -0.1) is 0 Å². The molecule has 9 nitrogen and oxygen atoms in total. The van der Waals surface area contributed by atoms with Gasteiger partial charge in [0.25, 0.3) is 0 Å².